The summed E-state index contributed by atoms with van der Waals surface area (Å²) in [6.45, 7) is 0.696. The summed E-state index contributed by atoms with van der Waals surface area (Å²) in [6, 6.07) is 12.3. The number of aromatic nitrogens is 3. The van der Waals surface area contributed by atoms with Gasteiger partial charge in [-0.3, -0.25) is 0 Å². The van der Waals surface area contributed by atoms with E-state index in [0.717, 1.165) is 18.5 Å². The molecule has 0 bridgehead atoms. The van der Waals surface area contributed by atoms with Crippen molar-refractivity contribution in [3.8, 4) is 6.07 Å². The van der Waals surface area contributed by atoms with E-state index in [1.165, 1.54) is 12.0 Å². The van der Waals surface area contributed by atoms with Gasteiger partial charge in [-0.15, -0.1) is 5.10 Å². The standard InChI is InChI=1S/C14H14N4/c15-9-13-14(12-7-4-8-12)18(17-16-13)10-11-5-2-1-3-6-11/h1-3,5-6,12H,4,7-8,10H2. The molecule has 90 valence electrons. The van der Waals surface area contributed by atoms with Crippen LogP contribution in [0, 0.1) is 11.3 Å². The lowest BCUT2D eigenvalue weighted by Gasteiger charge is -2.25. The highest BCUT2D eigenvalue weighted by Crippen LogP contribution is 2.37. The zero-order chi connectivity index (χ0) is 12.4. The molecular weight excluding hydrogens is 224 g/mol. The summed E-state index contributed by atoms with van der Waals surface area (Å²) >= 11 is 0. The van der Waals surface area contributed by atoms with E-state index in [4.69, 9.17) is 5.26 Å². The fourth-order valence-corrected chi connectivity index (χ4v) is 2.36. The van der Waals surface area contributed by atoms with Gasteiger partial charge in [-0.05, 0) is 18.4 Å². The maximum atomic E-state index is 9.10. The lowest BCUT2D eigenvalue weighted by Crippen LogP contribution is -2.16. The van der Waals surface area contributed by atoms with Gasteiger partial charge in [-0.1, -0.05) is 42.0 Å². The number of hydrogen-bond donors (Lipinski definition) is 0. The summed E-state index contributed by atoms with van der Waals surface area (Å²) in [5.41, 5.74) is 2.70. The van der Waals surface area contributed by atoms with Crippen LogP contribution in [0.25, 0.3) is 0 Å². The first-order valence-electron chi connectivity index (χ1n) is 6.26. The van der Waals surface area contributed by atoms with Crippen LogP contribution in [0.4, 0.5) is 0 Å². The van der Waals surface area contributed by atoms with E-state index in [0.29, 0.717) is 18.2 Å². The predicted octanol–water partition coefficient (Wildman–Crippen LogP) is 2.47. The Balaban J connectivity index is 1.92. The Kier molecular flexibility index (Phi) is 2.81. The van der Waals surface area contributed by atoms with Crippen molar-refractivity contribution >= 4 is 0 Å². The van der Waals surface area contributed by atoms with Crippen LogP contribution in [0.1, 0.15) is 42.1 Å². The van der Waals surface area contributed by atoms with Gasteiger partial charge in [0, 0.05) is 5.92 Å². The summed E-state index contributed by atoms with van der Waals surface area (Å²) < 4.78 is 1.89. The lowest BCUT2D eigenvalue weighted by atomic mass is 9.82. The molecule has 1 aromatic carbocycles. The second kappa shape index (κ2) is 4.61. The molecule has 1 heterocycles. The Morgan fingerprint density at radius 2 is 2.06 bits per heavy atom. The fourth-order valence-electron chi connectivity index (χ4n) is 2.36. The molecule has 0 spiro atoms. The third kappa shape index (κ3) is 1.88. The minimum atomic E-state index is 0.471. The van der Waals surface area contributed by atoms with Gasteiger partial charge in [0.05, 0.1) is 12.2 Å². The van der Waals surface area contributed by atoms with E-state index in [1.54, 1.807) is 0 Å². The summed E-state index contributed by atoms with van der Waals surface area (Å²) in [4.78, 5) is 0. The molecule has 1 saturated carbocycles. The van der Waals surface area contributed by atoms with Crippen molar-refractivity contribution in [1.82, 2.24) is 15.0 Å². The Bertz CT molecular complexity index is 576. The molecule has 0 N–H and O–H groups in total. The first-order valence-corrected chi connectivity index (χ1v) is 6.26. The zero-order valence-electron chi connectivity index (χ0n) is 10.1. The van der Waals surface area contributed by atoms with Crippen LogP contribution in [0.2, 0.25) is 0 Å². The molecule has 1 aliphatic carbocycles. The molecule has 0 saturated heterocycles. The Morgan fingerprint density at radius 1 is 1.28 bits per heavy atom. The molecule has 4 heteroatoms. The molecule has 0 aliphatic heterocycles. The van der Waals surface area contributed by atoms with Crippen LogP contribution in [0.5, 0.6) is 0 Å². The second-order valence-electron chi connectivity index (χ2n) is 4.71. The number of nitriles is 1. The van der Waals surface area contributed by atoms with Crippen molar-refractivity contribution in [3.05, 3.63) is 47.3 Å². The third-order valence-electron chi connectivity index (χ3n) is 3.55. The van der Waals surface area contributed by atoms with Crippen molar-refractivity contribution in [1.29, 1.82) is 5.26 Å². The number of nitrogens with zero attached hydrogens (tertiary/aromatic N) is 4. The highest BCUT2D eigenvalue weighted by molar-refractivity contribution is 5.30. The van der Waals surface area contributed by atoms with Crippen molar-refractivity contribution in [2.24, 2.45) is 0 Å². The van der Waals surface area contributed by atoms with Gasteiger partial charge in [-0.25, -0.2) is 4.68 Å². The second-order valence-corrected chi connectivity index (χ2v) is 4.71. The largest absolute Gasteiger partial charge is 0.243 e. The van der Waals surface area contributed by atoms with Crippen LogP contribution >= 0.6 is 0 Å². The summed E-state index contributed by atoms with van der Waals surface area (Å²) in [5.74, 6) is 0.471. The Labute approximate surface area is 106 Å². The first kappa shape index (κ1) is 11.0. The van der Waals surface area contributed by atoms with E-state index in [1.807, 2.05) is 22.9 Å². The van der Waals surface area contributed by atoms with E-state index in [9.17, 15) is 0 Å². The van der Waals surface area contributed by atoms with Gasteiger partial charge < -0.3 is 0 Å². The number of rotatable bonds is 3. The van der Waals surface area contributed by atoms with Crippen molar-refractivity contribution < 1.29 is 0 Å². The molecule has 1 aromatic heterocycles. The van der Waals surface area contributed by atoms with Crippen molar-refractivity contribution in [2.75, 3.05) is 0 Å². The van der Waals surface area contributed by atoms with E-state index in [-0.39, 0.29) is 0 Å². The van der Waals surface area contributed by atoms with Gasteiger partial charge in [0.15, 0.2) is 5.69 Å². The molecule has 0 radical (unpaired) electrons. The molecule has 0 atom stereocenters. The van der Waals surface area contributed by atoms with Crippen LogP contribution < -0.4 is 0 Å². The first-order chi connectivity index (χ1) is 8.88. The molecular formula is C14H14N4. The van der Waals surface area contributed by atoms with Gasteiger partial charge in [0.1, 0.15) is 6.07 Å². The maximum absolute atomic E-state index is 9.10. The third-order valence-corrected chi connectivity index (χ3v) is 3.55. The molecule has 1 aliphatic rings. The Morgan fingerprint density at radius 3 is 2.67 bits per heavy atom. The topological polar surface area (TPSA) is 54.5 Å². The average molecular weight is 238 g/mol. The average Bonchev–Trinajstić information content (AvgIpc) is 2.72. The summed E-state index contributed by atoms with van der Waals surface area (Å²) in [5, 5.41) is 17.2. The highest BCUT2D eigenvalue weighted by atomic mass is 15.4. The number of benzene rings is 1. The van der Waals surface area contributed by atoms with Gasteiger partial charge >= 0.3 is 0 Å². The van der Waals surface area contributed by atoms with E-state index < -0.39 is 0 Å². The van der Waals surface area contributed by atoms with Crippen molar-refractivity contribution in [3.63, 3.8) is 0 Å². The molecule has 0 amide bonds. The Hall–Kier alpha value is -2.15. The fraction of sp³-hybridized carbons (Fsp3) is 0.357. The molecule has 0 unspecified atom stereocenters. The van der Waals surface area contributed by atoms with Crippen LogP contribution in [-0.4, -0.2) is 15.0 Å². The molecule has 4 nitrogen and oxygen atoms in total. The minimum Gasteiger partial charge on any atom is -0.243 e. The molecule has 3 rings (SSSR count). The van der Waals surface area contributed by atoms with Gasteiger partial charge in [-0.2, -0.15) is 5.26 Å². The van der Waals surface area contributed by atoms with E-state index >= 15 is 0 Å². The monoisotopic (exact) mass is 238 g/mol. The normalized spacial score (nSPS) is 15.1. The predicted molar refractivity (Wildman–Crippen MR) is 66.9 cm³/mol. The highest BCUT2D eigenvalue weighted by Gasteiger charge is 2.27. The van der Waals surface area contributed by atoms with Crippen LogP contribution in [0.15, 0.2) is 30.3 Å². The molecule has 1 fully saturated rings. The summed E-state index contributed by atoms with van der Waals surface area (Å²) in [7, 11) is 0. The number of hydrogen-bond acceptors (Lipinski definition) is 3. The molecule has 2 aromatic rings. The zero-order valence-corrected chi connectivity index (χ0v) is 10.1. The molecule has 18 heavy (non-hydrogen) atoms. The minimum absolute atomic E-state index is 0.471. The van der Waals surface area contributed by atoms with Crippen molar-refractivity contribution in [2.45, 2.75) is 31.7 Å². The lowest BCUT2D eigenvalue weighted by molar-refractivity contribution is 0.391. The smallest absolute Gasteiger partial charge is 0.186 e. The quantitative estimate of drug-likeness (QED) is 0.825. The SMILES string of the molecule is N#Cc1nnn(Cc2ccccc2)c1C1CCC1. The van der Waals surface area contributed by atoms with Gasteiger partial charge in [0.25, 0.3) is 0 Å². The maximum Gasteiger partial charge on any atom is 0.186 e. The van der Waals surface area contributed by atoms with Gasteiger partial charge in [0.2, 0.25) is 0 Å². The van der Waals surface area contributed by atoms with Crippen LogP contribution in [0.3, 0.4) is 0 Å². The summed E-state index contributed by atoms with van der Waals surface area (Å²) in [6.07, 6.45) is 3.54. The van der Waals surface area contributed by atoms with Crippen LogP contribution in [-0.2, 0) is 6.54 Å². The van der Waals surface area contributed by atoms with E-state index in [2.05, 4.69) is 28.5 Å².